The van der Waals surface area contributed by atoms with Gasteiger partial charge in [-0.3, -0.25) is 9.69 Å². The lowest BCUT2D eigenvalue weighted by molar-refractivity contribution is -0.117. The fraction of sp³-hybridized carbons (Fsp3) is 0.350. The van der Waals surface area contributed by atoms with Crippen molar-refractivity contribution in [1.29, 1.82) is 0 Å². The molecule has 146 valence electrons. The standard InChI is InChI=1S/C20H22FN5OS/c21-17-5-3-16(4-6-17)18-13-28-20(23-18)24-19(27)12-25-8-1-2-15(10-25)11-26-9-7-22-14-26/h3-7,9,13-15H,1-2,8,10-12H2,(H,23,24,27)/t15-/m0/s1. The summed E-state index contributed by atoms with van der Waals surface area (Å²) in [7, 11) is 0. The first kappa shape index (κ1) is 18.8. The maximum absolute atomic E-state index is 13.1. The summed E-state index contributed by atoms with van der Waals surface area (Å²) < 4.78 is 15.1. The molecule has 0 bridgehead atoms. The van der Waals surface area contributed by atoms with Crippen molar-refractivity contribution < 1.29 is 9.18 Å². The van der Waals surface area contributed by atoms with Crippen LogP contribution in [0.4, 0.5) is 9.52 Å². The van der Waals surface area contributed by atoms with E-state index in [4.69, 9.17) is 0 Å². The van der Waals surface area contributed by atoms with Crippen LogP contribution in [-0.4, -0.2) is 45.0 Å². The van der Waals surface area contributed by atoms with E-state index in [2.05, 4.69) is 24.8 Å². The average Bonchev–Trinajstić information content (AvgIpc) is 3.35. The monoisotopic (exact) mass is 399 g/mol. The number of hydrogen-bond acceptors (Lipinski definition) is 5. The summed E-state index contributed by atoms with van der Waals surface area (Å²) in [4.78, 5) is 23.2. The molecule has 1 saturated heterocycles. The molecule has 1 aromatic carbocycles. The summed E-state index contributed by atoms with van der Waals surface area (Å²) in [6, 6.07) is 6.18. The molecule has 1 aliphatic rings. The molecule has 6 nitrogen and oxygen atoms in total. The molecule has 1 amide bonds. The van der Waals surface area contributed by atoms with E-state index in [0.717, 1.165) is 37.3 Å². The summed E-state index contributed by atoms with van der Waals surface area (Å²) in [6.07, 6.45) is 7.88. The molecule has 2 aromatic heterocycles. The third-order valence-corrected chi connectivity index (χ3v) is 5.65. The molecule has 0 aliphatic carbocycles. The summed E-state index contributed by atoms with van der Waals surface area (Å²) in [5.74, 6) is 0.198. The summed E-state index contributed by atoms with van der Waals surface area (Å²) in [6.45, 7) is 3.15. The van der Waals surface area contributed by atoms with E-state index in [1.807, 2.05) is 17.9 Å². The largest absolute Gasteiger partial charge is 0.337 e. The van der Waals surface area contributed by atoms with Gasteiger partial charge in [-0.1, -0.05) is 0 Å². The molecular weight excluding hydrogens is 377 g/mol. The molecular formula is C20H22FN5OS. The van der Waals surface area contributed by atoms with Gasteiger partial charge in [0.1, 0.15) is 5.82 Å². The van der Waals surface area contributed by atoms with Crippen molar-refractivity contribution in [2.45, 2.75) is 19.4 Å². The molecule has 3 heterocycles. The second-order valence-electron chi connectivity index (χ2n) is 7.10. The number of anilines is 1. The van der Waals surface area contributed by atoms with E-state index in [1.165, 1.54) is 29.9 Å². The number of carbonyl (C=O) groups is 1. The predicted molar refractivity (Wildman–Crippen MR) is 108 cm³/mol. The van der Waals surface area contributed by atoms with Crippen molar-refractivity contribution in [3.05, 3.63) is 54.2 Å². The Morgan fingerprint density at radius 3 is 2.96 bits per heavy atom. The van der Waals surface area contributed by atoms with Crippen LogP contribution in [0.25, 0.3) is 11.3 Å². The molecule has 0 unspecified atom stereocenters. The van der Waals surface area contributed by atoms with Crippen LogP contribution in [0.2, 0.25) is 0 Å². The number of carbonyl (C=O) groups excluding carboxylic acids is 1. The average molecular weight is 399 g/mol. The number of thiazole rings is 1. The first-order chi connectivity index (χ1) is 13.7. The van der Waals surface area contributed by atoms with Gasteiger partial charge < -0.3 is 9.88 Å². The van der Waals surface area contributed by atoms with Gasteiger partial charge in [0.25, 0.3) is 0 Å². The number of amides is 1. The van der Waals surface area contributed by atoms with Gasteiger partial charge in [0.2, 0.25) is 5.91 Å². The van der Waals surface area contributed by atoms with Crippen molar-refractivity contribution in [3.8, 4) is 11.3 Å². The highest BCUT2D eigenvalue weighted by Crippen LogP contribution is 2.25. The predicted octanol–water partition coefficient (Wildman–Crippen LogP) is 3.50. The highest BCUT2D eigenvalue weighted by molar-refractivity contribution is 7.14. The second kappa shape index (κ2) is 8.62. The highest BCUT2D eigenvalue weighted by atomic mass is 32.1. The third kappa shape index (κ3) is 4.82. The SMILES string of the molecule is O=C(CN1CCC[C@H](Cn2ccnc2)C1)Nc1nc(-c2ccc(F)cc2)cs1. The number of halogens is 1. The zero-order valence-corrected chi connectivity index (χ0v) is 16.2. The smallest absolute Gasteiger partial charge is 0.240 e. The van der Waals surface area contributed by atoms with E-state index in [9.17, 15) is 9.18 Å². The second-order valence-corrected chi connectivity index (χ2v) is 7.95. The van der Waals surface area contributed by atoms with Gasteiger partial charge in [0.15, 0.2) is 5.13 Å². The van der Waals surface area contributed by atoms with Crippen LogP contribution >= 0.6 is 11.3 Å². The van der Waals surface area contributed by atoms with E-state index >= 15 is 0 Å². The first-order valence-electron chi connectivity index (χ1n) is 9.35. The van der Waals surface area contributed by atoms with Crippen LogP contribution in [0.5, 0.6) is 0 Å². The minimum atomic E-state index is -0.277. The fourth-order valence-corrected chi connectivity index (χ4v) is 4.32. The lowest BCUT2D eigenvalue weighted by atomic mass is 9.98. The van der Waals surface area contributed by atoms with Gasteiger partial charge in [-0.2, -0.15) is 0 Å². The quantitative estimate of drug-likeness (QED) is 0.689. The number of piperidine rings is 1. The normalized spacial score (nSPS) is 17.5. The van der Waals surface area contributed by atoms with Crippen molar-refractivity contribution in [2.24, 2.45) is 5.92 Å². The van der Waals surface area contributed by atoms with Gasteiger partial charge in [0.05, 0.1) is 18.6 Å². The number of imidazole rings is 1. The molecule has 1 fully saturated rings. The number of benzene rings is 1. The van der Waals surface area contributed by atoms with Crippen molar-refractivity contribution in [1.82, 2.24) is 19.4 Å². The highest BCUT2D eigenvalue weighted by Gasteiger charge is 2.22. The lowest BCUT2D eigenvalue weighted by Crippen LogP contribution is -2.41. The maximum Gasteiger partial charge on any atom is 0.240 e. The van der Waals surface area contributed by atoms with Gasteiger partial charge in [-0.05, 0) is 49.6 Å². The lowest BCUT2D eigenvalue weighted by Gasteiger charge is -2.32. The van der Waals surface area contributed by atoms with Crippen molar-refractivity contribution >= 4 is 22.4 Å². The number of likely N-dealkylation sites (tertiary alicyclic amines) is 1. The van der Waals surface area contributed by atoms with Crippen LogP contribution in [0, 0.1) is 11.7 Å². The van der Waals surface area contributed by atoms with Crippen LogP contribution < -0.4 is 5.32 Å². The number of nitrogens with zero attached hydrogens (tertiary/aromatic N) is 4. The number of hydrogen-bond donors (Lipinski definition) is 1. The Morgan fingerprint density at radius 1 is 1.32 bits per heavy atom. The van der Waals surface area contributed by atoms with Gasteiger partial charge >= 0.3 is 0 Å². The van der Waals surface area contributed by atoms with Gasteiger partial charge in [-0.15, -0.1) is 11.3 Å². The first-order valence-corrected chi connectivity index (χ1v) is 10.2. The zero-order valence-electron chi connectivity index (χ0n) is 15.4. The molecule has 1 N–H and O–H groups in total. The van der Waals surface area contributed by atoms with Crippen molar-refractivity contribution in [3.63, 3.8) is 0 Å². The Bertz CT molecular complexity index is 909. The number of aromatic nitrogens is 3. The molecule has 1 atom stereocenters. The zero-order chi connectivity index (χ0) is 19.3. The summed E-state index contributed by atoms with van der Waals surface area (Å²) >= 11 is 1.38. The van der Waals surface area contributed by atoms with Crippen LogP contribution in [0.3, 0.4) is 0 Å². The van der Waals surface area contributed by atoms with Crippen LogP contribution in [0.15, 0.2) is 48.4 Å². The third-order valence-electron chi connectivity index (χ3n) is 4.89. The van der Waals surface area contributed by atoms with E-state index in [0.29, 0.717) is 17.6 Å². The minimum absolute atomic E-state index is 0.0525. The Hall–Kier alpha value is -2.58. The van der Waals surface area contributed by atoms with Gasteiger partial charge in [-0.25, -0.2) is 14.4 Å². The Morgan fingerprint density at radius 2 is 2.18 bits per heavy atom. The Balaban J connectivity index is 1.30. The van der Waals surface area contributed by atoms with Crippen LogP contribution in [-0.2, 0) is 11.3 Å². The van der Waals surface area contributed by atoms with E-state index in [-0.39, 0.29) is 11.7 Å². The molecule has 3 aromatic rings. The molecule has 28 heavy (non-hydrogen) atoms. The Labute approximate surface area is 167 Å². The summed E-state index contributed by atoms with van der Waals surface area (Å²) in [5.41, 5.74) is 1.56. The summed E-state index contributed by atoms with van der Waals surface area (Å²) in [5, 5.41) is 5.32. The molecule has 4 rings (SSSR count). The molecule has 0 radical (unpaired) electrons. The van der Waals surface area contributed by atoms with Crippen LogP contribution in [0.1, 0.15) is 12.8 Å². The number of rotatable bonds is 6. The molecule has 0 spiro atoms. The fourth-order valence-electron chi connectivity index (χ4n) is 3.58. The molecule has 0 saturated carbocycles. The Kier molecular flexibility index (Phi) is 5.78. The van der Waals surface area contributed by atoms with E-state index in [1.54, 1.807) is 18.3 Å². The number of nitrogens with one attached hydrogen (secondary N) is 1. The minimum Gasteiger partial charge on any atom is -0.337 e. The molecule has 1 aliphatic heterocycles. The van der Waals surface area contributed by atoms with Crippen molar-refractivity contribution in [2.75, 3.05) is 25.0 Å². The molecule has 8 heteroatoms. The van der Waals surface area contributed by atoms with Gasteiger partial charge in [0, 0.05) is 36.4 Å². The van der Waals surface area contributed by atoms with E-state index < -0.39 is 0 Å². The maximum atomic E-state index is 13.1. The topological polar surface area (TPSA) is 63.1 Å².